The molecule has 2 amide bonds. The first kappa shape index (κ1) is 39.3. The molecule has 0 aliphatic heterocycles. The third-order valence-electron chi connectivity index (χ3n) is 9.41. The second-order valence-corrected chi connectivity index (χ2v) is 17.4. The minimum atomic E-state index is -3.68. The van der Waals surface area contributed by atoms with Crippen molar-refractivity contribution >= 4 is 64.5 Å². The normalized spacial score (nSPS) is 11.6. The van der Waals surface area contributed by atoms with Crippen molar-refractivity contribution < 1.29 is 30.8 Å². The number of H-pyrrole nitrogens is 1. The first-order valence-corrected chi connectivity index (χ1v) is 21.3. The van der Waals surface area contributed by atoms with Crippen molar-refractivity contribution in [2.75, 3.05) is 0 Å². The fourth-order valence-electron chi connectivity index (χ4n) is 6.24. The molecule has 15 nitrogen and oxygen atoms in total. The molecule has 0 saturated heterocycles. The van der Waals surface area contributed by atoms with Crippen molar-refractivity contribution in [3.05, 3.63) is 169 Å². The lowest BCUT2D eigenvalue weighted by molar-refractivity contribution is 0.0923. The van der Waals surface area contributed by atoms with Gasteiger partial charge >= 0.3 is 0 Å². The van der Waals surface area contributed by atoms with Crippen LogP contribution < -0.4 is 10.6 Å². The van der Waals surface area contributed by atoms with E-state index in [1.54, 1.807) is 127 Å². The van der Waals surface area contributed by atoms with Gasteiger partial charge in [0.1, 0.15) is 0 Å². The molecule has 17 heteroatoms. The summed E-state index contributed by atoms with van der Waals surface area (Å²) in [7, 11) is -5.45. The van der Waals surface area contributed by atoms with Crippen molar-refractivity contribution in [2.45, 2.75) is 32.7 Å². The van der Waals surface area contributed by atoms with Crippen LogP contribution in [0.4, 0.5) is 0 Å². The third-order valence-corrected chi connectivity index (χ3v) is 13.0. The molecule has 0 aliphatic rings. The summed E-state index contributed by atoms with van der Waals surface area (Å²) in [6, 6.07) is 31.1. The molecule has 0 aliphatic carbocycles. The molecule has 0 atom stereocenters. The summed E-state index contributed by atoms with van der Waals surface area (Å²) in [6.45, 7) is 0.500. The van der Waals surface area contributed by atoms with Crippen molar-refractivity contribution in [3.63, 3.8) is 0 Å². The number of sulfone groups is 2. The van der Waals surface area contributed by atoms with Gasteiger partial charge in [0.25, 0.3) is 11.8 Å². The zero-order valence-electron chi connectivity index (χ0n) is 31.7. The quantitative estimate of drug-likeness (QED) is 0.141. The van der Waals surface area contributed by atoms with E-state index in [4.69, 9.17) is 4.42 Å². The lowest BCUT2D eigenvalue weighted by Crippen LogP contribution is -2.22. The van der Waals surface area contributed by atoms with E-state index < -0.39 is 19.7 Å². The summed E-state index contributed by atoms with van der Waals surface area (Å²) in [5.41, 5.74) is 4.35. The number of benzene rings is 4. The molecule has 5 aromatic heterocycles. The predicted octanol–water partition coefficient (Wildman–Crippen LogP) is 6.20. The van der Waals surface area contributed by atoms with Crippen molar-refractivity contribution in [3.8, 4) is 0 Å². The molecular weight excluding hydrogens is 805 g/mol. The highest BCUT2D eigenvalue weighted by molar-refractivity contribution is 7.91. The van der Waals surface area contributed by atoms with E-state index in [9.17, 15) is 26.4 Å². The standard InChI is InChI=1S/C23H18N4O4S.C20H16N4O3S/c1-27-14-17-4-7-19(11-20(17)26-27)32(29,30)18-5-2-15(3-6-18)12-25-23(28)21-10-16-8-9-24-13-22(16)31-21;25-20(15-10-18-19(21-12-15)24-13-23-18)22-11-14-6-8-17(9-7-14)28(26,27)16-4-2-1-3-5-16/h2-11,13-14H,12H2,1H3,(H,25,28);1-10,12-13H,11H2,(H,22,25)(H,21,23,24). The van der Waals surface area contributed by atoms with E-state index in [-0.39, 0.29) is 50.2 Å². The molecule has 0 spiro atoms. The minimum absolute atomic E-state index is 0.174. The molecule has 0 unspecified atom stereocenters. The van der Waals surface area contributed by atoms with Crippen molar-refractivity contribution in [1.29, 1.82) is 0 Å². The van der Waals surface area contributed by atoms with Gasteiger partial charge in [0.2, 0.25) is 19.7 Å². The average Bonchev–Trinajstić information content (AvgIpc) is 4.03. The van der Waals surface area contributed by atoms with Crippen LogP contribution in [0.2, 0.25) is 0 Å². The van der Waals surface area contributed by atoms with Gasteiger partial charge in [-0.05, 0) is 83.9 Å². The lowest BCUT2D eigenvalue weighted by atomic mass is 10.2. The van der Waals surface area contributed by atoms with Crippen LogP contribution in [0.1, 0.15) is 32.0 Å². The summed E-state index contributed by atoms with van der Waals surface area (Å²) in [5, 5.41) is 11.5. The number of pyridine rings is 2. The second-order valence-electron chi connectivity index (χ2n) is 13.5. The van der Waals surface area contributed by atoms with Crippen LogP contribution in [0.25, 0.3) is 33.0 Å². The number of aromatic amines is 1. The van der Waals surface area contributed by atoms with Crippen molar-refractivity contribution in [1.82, 2.24) is 40.3 Å². The smallest absolute Gasteiger partial charge is 0.287 e. The maximum Gasteiger partial charge on any atom is 0.287 e. The molecule has 5 heterocycles. The molecule has 300 valence electrons. The van der Waals surface area contributed by atoms with Crippen LogP contribution in [0.5, 0.6) is 0 Å². The molecule has 60 heavy (non-hydrogen) atoms. The van der Waals surface area contributed by atoms with Gasteiger partial charge in [-0.15, -0.1) is 0 Å². The van der Waals surface area contributed by atoms with E-state index >= 15 is 0 Å². The fourth-order valence-corrected chi connectivity index (χ4v) is 8.80. The number of carbonyl (C=O) groups is 2. The first-order chi connectivity index (χ1) is 28.9. The maximum atomic E-state index is 13.0. The Balaban J connectivity index is 0.000000168. The topological polar surface area (TPSA) is 212 Å². The van der Waals surface area contributed by atoms with Gasteiger partial charge in [-0.2, -0.15) is 5.10 Å². The highest BCUT2D eigenvalue weighted by Crippen LogP contribution is 2.25. The molecule has 0 fully saturated rings. The van der Waals surface area contributed by atoms with Gasteiger partial charge in [-0.1, -0.05) is 42.5 Å². The summed E-state index contributed by atoms with van der Waals surface area (Å²) in [4.78, 5) is 40.5. The van der Waals surface area contributed by atoms with Gasteiger partial charge in [-0.3, -0.25) is 19.3 Å². The van der Waals surface area contributed by atoms with Crippen LogP contribution in [0, 0.1) is 0 Å². The Morgan fingerprint density at radius 3 is 2.00 bits per heavy atom. The number of nitrogens with one attached hydrogen (secondary N) is 3. The van der Waals surface area contributed by atoms with Gasteiger partial charge in [0.15, 0.2) is 17.0 Å². The molecule has 9 aromatic rings. The number of hydrogen-bond donors (Lipinski definition) is 3. The summed E-state index contributed by atoms with van der Waals surface area (Å²) < 4.78 is 58.4. The molecule has 0 saturated carbocycles. The number of amides is 2. The maximum absolute atomic E-state index is 13.0. The van der Waals surface area contributed by atoms with Crippen LogP contribution in [0.3, 0.4) is 0 Å². The number of carbonyl (C=O) groups excluding carboxylic acids is 2. The molecule has 0 radical (unpaired) electrons. The SMILES string of the molecule is Cn1cc2ccc(S(=O)(=O)c3ccc(CNC(=O)c4cc5ccncc5o4)cc3)cc2n1.O=C(NCc1ccc(S(=O)(=O)c2ccccc2)cc1)c1cnc2nc[nH]c2c1. The zero-order chi connectivity index (χ0) is 41.9. The van der Waals surface area contributed by atoms with Gasteiger partial charge in [0.05, 0.1) is 48.7 Å². The number of hydrogen-bond acceptors (Lipinski definition) is 11. The summed E-state index contributed by atoms with van der Waals surface area (Å²) in [5.74, 6) is -0.441. The van der Waals surface area contributed by atoms with E-state index in [2.05, 4.69) is 35.7 Å². The molecule has 4 aromatic carbocycles. The second kappa shape index (κ2) is 16.4. The largest absolute Gasteiger partial charge is 0.449 e. The van der Waals surface area contributed by atoms with Crippen LogP contribution in [-0.4, -0.2) is 58.4 Å². The van der Waals surface area contributed by atoms with Crippen LogP contribution >= 0.6 is 0 Å². The lowest BCUT2D eigenvalue weighted by Gasteiger charge is -2.08. The Morgan fingerprint density at radius 2 is 1.32 bits per heavy atom. The number of aromatic nitrogens is 6. The number of aryl methyl sites for hydroxylation is 1. The highest BCUT2D eigenvalue weighted by atomic mass is 32.2. The Bertz CT molecular complexity index is 3200. The Hall–Kier alpha value is -7.50. The third kappa shape index (κ3) is 8.38. The van der Waals surface area contributed by atoms with E-state index in [1.807, 2.05) is 6.20 Å². The predicted molar refractivity (Wildman–Crippen MR) is 221 cm³/mol. The van der Waals surface area contributed by atoms with Gasteiger partial charge in [0, 0.05) is 49.5 Å². The van der Waals surface area contributed by atoms with Crippen LogP contribution in [-0.2, 0) is 39.8 Å². The van der Waals surface area contributed by atoms with E-state index in [1.165, 1.54) is 24.7 Å². The number of rotatable bonds is 10. The summed E-state index contributed by atoms with van der Waals surface area (Å²) in [6.07, 6.45) is 8.00. The first-order valence-electron chi connectivity index (χ1n) is 18.3. The fraction of sp³-hybridized carbons (Fsp3) is 0.0698. The van der Waals surface area contributed by atoms with Crippen LogP contribution in [0.15, 0.2) is 170 Å². The molecule has 3 N–H and O–H groups in total. The number of fused-ring (bicyclic) bond motifs is 3. The zero-order valence-corrected chi connectivity index (χ0v) is 33.3. The average molecular weight is 839 g/mol. The molecule has 0 bridgehead atoms. The van der Waals surface area contributed by atoms with Gasteiger partial charge < -0.3 is 20.0 Å². The minimum Gasteiger partial charge on any atom is -0.449 e. The Labute approximate surface area is 343 Å². The Kier molecular flexibility index (Phi) is 10.7. The van der Waals surface area contributed by atoms with Gasteiger partial charge in [-0.25, -0.2) is 26.8 Å². The Morgan fingerprint density at radius 1 is 0.683 bits per heavy atom. The molecular formula is C43H34N8O7S2. The van der Waals surface area contributed by atoms with E-state index in [0.717, 1.165) is 21.9 Å². The number of furan rings is 1. The number of nitrogens with zero attached hydrogens (tertiary/aromatic N) is 5. The monoisotopic (exact) mass is 838 g/mol. The van der Waals surface area contributed by atoms with Crippen molar-refractivity contribution in [2.24, 2.45) is 7.05 Å². The number of imidazole rings is 1. The molecule has 9 rings (SSSR count). The summed E-state index contributed by atoms with van der Waals surface area (Å²) >= 11 is 0. The highest BCUT2D eigenvalue weighted by Gasteiger charge is 2.20. The van der Waals surface area contributed by atoms with E-state index in [0.29, 0.717) is 27.8 Å².